The summed E-state index contributed by atoms with van der Waals surface area (Å²) in [5.74, 6) is 0.839. The summed E-state index contributed by atoms with van der Waals surface area (Å²) < 4.78 is 44.0. The Hall–Kier alpha value is -1.99. The molecule has 0 unspecified atom stereocenters. The molecule has 2 N–H and O–H groups in total. The van der Waals surface area contributed by atoms with Gasteiger partial charge < -0.3 is 15.4 Å². The van der Waals surface area contributed by atoms with Gasteiger partial charge in [-0.25, -0.2) is 0 Å². The summed E-state index contributed by atoms with van der Waals surface area (Å²) in [5, 5.41) is 5.65. The zero-order valence-electron chi connectivity index (χ0n) is 14.7. The molecule has 0 aliphatic rings. The van der Waals surface area contributed by atoms with Crippen LogP contribution in [0.25, 0.3) is 0 Å². The average Bonchev–Trinajstić information content (AvgIpc) is 2.61. The molecule has 8 heteroatoms. The molecular weight excluding hydrogens is 397 g/mol. The molecule has 0 aromatic heterocycles. The fourth-order valence-corrected chi connectivity index (χ4v) is 2.85. The van der Waals surface area contributed by atoms with Crippen LogP contribution in [0.2, 0.25) is 5.02 Å². The van der Waals surface area contributed by atoms with Crippen LogP contribution >= 0.6 is 23.8 Å². The topological polar surface area (TPSA) is 33.3 Å². The van der Waals surface area contributed by atoms with Gasteiger partial charge in [-0.1, -0.05) is 23.7 Å². The zero-order valence-corrected chi connectivity index (χ0v) is 16.3. The van der Waals surface area contributed by atoms with Crippen LogP contribution < -0.4 is 15.4 Å². The molecule has 0 amide bonds. The zero-order chi connectivity index (χ0) is 19.9. The number of rotatable bonds is 7. The number of thiocarbonyl (C=S) groups is 1. The molecule has 0 fully saturated rings. The third-order valence-electron chi connectivity index (χ3n) is 3.69. The maximum absolute atomic E-state index is 12.9. The van der Waals surface area contributed by atoms with E-state index in [9.17, 15) is 13.2 Å². The predicted molar refractivity (Wildman–Crippen MR) is 107 cm³/mol. The lowest BCUT2D eigenvalue weighted by molar-refractivity contribution is -0.137. The first kappa shape index (κ1) is 21.3. The molecule has 0 aliphatic heterocycles. The quantitative estimate of drug-likeness (QED) is 0.449. The van der Waals surface area contributed by atoms with Crippen molar-refractivity contribution >= 4 is 34.6 Å². The van der Waals surface area contributed by atoms with Gasteiger partial charge in [0.1, 0.15) is 5.75 Å². The van der Waals surface area contributed by atoms with Gasteiger partial charge in [0.2, 0.25) is 0 Å². The minimum Gasteiger partial charge on any atom is -0.494 e. The van der Waals surface area contributed by atoms with Gasteiger partial charge in [0.05, 0.1) is 17.2 Å². The number of benzene rings is 2. The largest absolute Gasteiger partial charge is 0.494 e. The molecule has 0 bridgehead atoms. The number of alkyl halides is 3. The van der Waals surface area contributed by atoms with Gasteiger partial charge in [0, 0.05) is 12.2 Å². The second-order valence-electron chi connectivity index (χ2n) is 5.75. The van der Waals surface area contributed by atoms with Crippen LogP contribution in [0.5, 0.6) is 5.75 Å². The van der Waals surface area contributed by atoms with E-state index in [1.807, 2.05) is 31.2 Å². The van der Waals surface area contributed by atoms with Crippen molar-refractivity contribution in [3.05, 3.63) is 58.6 Å². The van der Waals surface area contributed by atoms with E-state index in [0.717, 1.165) is 24.7 Å². The predicted octanol–water partition coefficient (Wildman–Crippen LogP) is 5.68. The fraction of sp³-hybridized carbons (Fsp3) is 0.316. The summed E-state index contributed by atoms with van der Waals surface area (Å²) in [6, 6.07) is 11.5. The van der Waals surface area contributed by atoms with Crippen LogP contribution in [0.1, 0.15) is 24.5 Å². The average molecular weight is 417 g/mol. The van der Waals surface area contributed by atoms with Crippen LogP contribution in [-0.2, 0) is 12.6 Å². The van der Waals surface area contributed by atoms with Crippen molar-refractivity contribution in [2.24, 2.45) is 0 Å². The van der Waals surface area contributed by atoms with Gasteiger partial charge in [-0.05, 0) is 67.9 Å². The van der Waals surface area contributed by atoms with Gasteiger partial charge in [0.15, 0.2) is 5.11 Å². The Morgan fingerprint density at radius 1 is 1.15 bits per heavy atom. The number of halogens is 4. The number of nitrogens with one attached hydrogen (secondary N) is 2. The maximum atomic E-state index is 12.9. The number of aryl methyl sites for hydroxylation is 1. The smallest absolute Gasteiger partial charge is 0.417 e. The summed E-state index contributed by atoms with van der Waals surface area (Å²) >= 11 is 10.7. The van der Waals surface area contributed by atoms with Crippen LogP contribution in [0.3, 0.4) is 0 Å². The molecule has 0 radical (unpaired) electrons. The first-order chi connectivity index (χ1) is 12.8. The van der Waals surface area contributed by atoms with Crippen LogP contribution in [0, 0.1) is 0 Å². The van der Waals surface area contributed by atoms with Crippen LogP contribution in [-0.4, -0.2) is 18.3 Å². The van der Waals surface area contributed by atoms with Gasteiger partial charge in [-0.2, -0.15) is 13.2 Å². The molecule has 0 saturated heterocycles. The number of ether oxygens (including phenoxy) is 1. The van der Waals surface area contributed by atoms with Crippen molar-refractivity contribution in [2.75, 3.05) is 18.5 Å². The van der Waals surface area contributed by atoms with Crippen LogP contribution in [0.15, 0.2) is 42.5 Å². The molecule has 0 heterocycles. The molecule has 3 nitrogen and oxygen atoms in total. The summed E-state index contributed by atoms with van der Waals surface area (Å²) in [6.45, 7) is 3.16. The van der Waals surface area contributed by atoms with E-state index in [1.165, 1.54) is 17.7 Å². The fourth-order valence-electron chi connectivity index (χ4n) is 2.41. The minimum atomic E-state index is -4.51. The molecule has 2 aromatic carbocycles. The Kier molecular flexibility index (Phi) is 7.74. The van der Waals surface area contributed by atoms with E-state index >= 15 is 0 Å². The van der Waals surface area contributed by atoms with E-state index in [1.54, 1.807) is 0 Å². The highest BCUT2D eigenvalue weighted by Crippen LogP contribution is 2.36. The molecule has 2 rings (SSSR count). The third kappa shape index (κ3) is 6.92. The Morgan fingerprint density at radius 2 is 1.85 bits per heavy atom. The van der Waals surface area contributed by atoms with Gasteiger partial charge in [-0.3, -0.25) is 0 Å². The highest BCUT2D eigenvalue weighted by Gasteiger charge is 2.33. The van der Waals surface area contributed by atoms with E-state index in [2.05, 4.69) is 10.6 Å². The first-order valence-corrected chi connectivity index (χ1v) is 9.21. The first-order valence-electron chi connectivity index (χ1n) is 8.43. The highest BCUT2D eigenvalue weighted by atomic mass is 35.5. The van der Waals surface area contributed by atoms with Crippen molar-refractivity contribution in [1.29, 1.82) is 0 Å². The highest BCUT2D eigenvalue weighted by molar-refractivity contribution is 7.80. The SMILES string of the molecule is CCOc1ccc(CCCNC(=S)Nc2ccc(Cl)c(C(F)(F)F)c2)cc1. The number of hydrogen-bond donors (Lipinski definition) is 2. The molecule has 0 aliphatic carbocycles. The number of hydrogen-bond acceptors (Lipinski definition) is 2. The summed E-state index contributed by atoms with van der Waals surface area (Å²) in [6.07, 6.45) is -2.84. The van der Waals surface area contributed by atoms with Crippen molar-refractivity contribution in [2.45, 2.75) is 25.9 Å². The third-order valence-corrected chi connectivity index (χ3v) is 4.27. The maximum Gasteiger partial charge on any atom is 0.417 e. The lowest BCUT2D eigenvalue weighted by atomic mass is 10.1. The Morgan fingerprint density at radius 3 is 2.48 bits per heavy atom. The van der Waals surface area contributed by atoms with Gasteiger partial charge >= 0.3 is 6.18 Å². The standard InChI is InChI=1S/C19H20ClF3N2OS/c1-2-26-15-8-5-13(6-9-15)4-3-11-24-18(27)25-14-7-10-17(20)16(12-14)19(21,22)23/h5-10,12H,2-4,11H2,1H3,(H2,24,25,27). The normalized spacial score (nSPS) is 11.1. The second kappa shape index (κ2) is 9.80. The Labute approximate surface area is 166 Å². The molecule has 0 saturated carbocycles. The lowest BCUT2D eigenvalue weighted by Crippen LogP contribution is -2.29. The summed E-state index contributed by atoms with van der Waals surface area (Å²) in [5.41, 5.74) is 0.509. The van der Waals surface area contributed by atoms with Crippen molar-refractivity contribution < 1.29 is 17.9 Å². The monoisotopic (exact) mass is 416 g/mol. The van der Waals surface area contributed by atoms with Crippen molar-refractivity contribution in [1.82, 2.24) is 5.32 Å². The molecular formula is C19H20ClF3N2OS. The summed E-state index contributed by atoms with van der Waals surface area (Å²) in [7, 11) is 0. The second-order valence-corrected chi connectivity index (χ2v) is 6.57. The lowest BCUT2D eigenvalue weighted by Gasteiger charge is -2.14. The van der Waals surface area contributed by atoms with E-state index in [0.29, 0.717) is 13.2 Å². The Bertz CT molecular complexity index is 767. The molecule has 146 valence electrons. The summed E-state index contributed by atoms with van der Waals surface area (Å²) in [4.78, 5) is 0. The Balaban J connectivity index is 1.78. The molecule has 0 atom stereocenters. The minimum absolute atomic E-state index is 0.232. The van der Waals surface area contributed by atoms with Gasteiger partial charge in [-0.15, -0.1) is 0 Å². The van der Waals surface area contributed by atoms with Crippen LogP contribution in [0.4, 0.5) is 18.9 Å². The van der Waals surface area contributed by atoms with E-state index in [4.69, 9.17) is 28.6 Å². The molecule has 2 aromatic rings. The van der Waals surface area contributed by atoms with E-state index in [-0.39, 0.29) is 15.8 Å². The molecule has 27 heavy (non-hydrogen) atoms. The van der Waals surface area contributed by atoms with Crippen molar-refractivity contribution in [3.63, 3.8) is 0 Å². The van der Waals surface area contributed by atoms with Gasteiger partial charge in [0.25, 0.3) is 0 Å². The van der Waals surface area contributed by atoms with Crippen molar-refractivity contribution in [3.8, 4) is 5.75 Å². The molecule has 0 spiro atoms. The number of anilines is 1. The van der Waals surface area contributed by atoms with E-state index < -0.39 is 11.7 Å².